The Morgan fingerprint density at radius 2 is 1.73 bits per heavy atom. The molecule has 41 heavy (non-hydrogen) atoms. The lowest BCUT2D eigenvalue weighted by molar-refractivity contribution is -0.148. The minimum atomic E-state index is -0.936. The number of nitrogens with two attached hydrogens (primary N) is 1. The fraction of sp³-hybridized carbons (Fsp3) is 0.250. The molecule has 1 saturated heterocycles. The van der Waals surface area contributed by atoms with E-state index >= 15 is 0 Å². The molecule has 1 aliphatic heterocycles. The quantitative estimate of drug-likeness (QED) is 0.189. The monoisotopic (exact) mass is 574 g/mol. The average molecular weight is 575 g/mol. The van der Waals surface area contributed by atoms with Gasteiger partial charge >= 0.3 is 0 Å². The van der Waals surface area contributed by atoms with Gasteiger partial charge in [-0.05, 0) is 55.2 Å². The summed E-state index contributed by atoms with van der Waals surface area (Å²) >= 11 is 6.32. The van der Waals surface area contributed by atoms with E-state index in [9.17, 15) is 9.59 Å². The van der Waals surface area contributed by atoms with Gasteiger partial charge in [0.25, 0.3) is 5.91 Å². The minimum absolute atomic E-state index is 0.167. The number of anilines is 1. The van der Waals surface area contributed by atoms with Crippen LogP contribution in [0.15, 0.2) is 97.3 Å². The molecule has 0 bridgehead atoms. The van der Waals surface area contributed by atoms with Crippen molar-refractivity contribution in [3.63, 3.8) is 0 Å². The average Bonchev–Trinajstić information content (AvgIpc) is 3.38. The van der Waals surface area contributed by atoms with Gasteiger partial charge in [-0.15, -0.1) is 0 Å². The number of benzene rings is 3. The van der Waals surface area contributed by atoms with E-state index in [0.717, 1.165) is 11.3 Å². The summed E-state index contributed by atoms with van der Waals surface area (Å²) in [5.74, 6) is 6.20. The van der Waals surface area contributed by atoms with Crippen molar-refractivity contribution in [2.24, 2.45) is 5.84 Å². The van der Waals surface area contributed by atoms with Crippen LogP contribution in [0.5, 0.6) is 5.75 Å². The highest BCUT2D eigenvalue weighted by Gasteiger charge is 2.42. The largest absolute Gasteiger partial charge is 0.495 e. The summed E-state index contributed by atoms with van der Waals surface area (Å²) in [6.07, 6.45) is 1.96. The molecule has 0 aliphatic carbocycles. The maximum atomic E-state index is 13.8. The second kappa shape index (κ2) is 13.5. The molecule has 0 aromatic heterocycles. The second-order valence-corrected chi connectivity index (χ2v) is 10.2. The number of hydrazine groups is 1. The lowest BCUT2D eigenvalue weighted by Crippen LogP contribution is -2.49. The Bertz CT molecular complexity index is 1410. The number of hydrogen-bond donors (Lipinski definition) is 2. The van der Waals surface area contributed by atoms with Crippen molar-refractivity contribution in [3.8, 4) is 5.75 Å². The fourth-order valence-corrected chi connectivity index (χ4v) is 5.30. The van der Waals surface area contributed by atoms with Crippen LogP contribution in [0, 0.1) is 0 Å². The number of rotatable bonds is 10. The van der Waals surface area contributed by atoms with Crippen molar-refractivity contribution in [2.45, 2.75) is 38.0 Å². The van der Waals surface area contributed by atoms with Crippen LogP contribution in [0.3, 0.4) is 0 Å². The molecule has 8 nitrogen and oxygen atoms in total. The summed E-state index contributed by atoms with van der Waals surface area (Å²) in [4.78, 5) is 29.1. The van der Waals surface area contributed by atoms with Gasteiger partial charge in [0.1, 0.15) is 11.8 Å². The SMILES string of the molecule is C=C(NC(=O)[C@H]1CC[C@H](C)N1C(=O)[C@H](OC)c1ccc(OC)c(Cl)c1)/C(=C\N(N)c1ccccc1)c1ccccc1. The van der Waals surface area contributed by atoms with Gasteiger partial charge in [-0.3, -0.25) is 14.6 Å². The summed E-state index contributed by atoms with van der Waals surface area (Å²) in [5, 5.41) is 4.80. The number of ether oxygens (including phenoxy) is 2. The highest BCUT2D eigenvalue weighted by Crippen LogP contribution is 2.33. The number of carbonyl (C=O) groups is 2. The highest BCUT2D eigenvalue weighted by atomic mass is 35.5. The summed E-state index contributed by atoms with van der Waals surface area (Å²) < 4.78 is 10.8. The normalized spacial score (nSPS) is 17.6. The lowest BCUT2D eigenvalue weighted by atomic mass is 10.0. The van der Waals surface area contributed by atoms with Crippen molar-refractivity contribution in [2.75, 3.05) is 19.2 Å². The fourth-order valence-electron chi connectivity index (χ4n) is 5.03. The Morgan fingerprint density at radius 3 is 2.34 bits per heavy atom. The first-order chi connectivity index (χ1) is 19.7. The number of halogens is 1. The third-order valence-electron chi connectivity index (χ3n) is 7.17. The summed E-state index contributed by atoms with van der Waals surface area (Å²) in [6.45, 7) is 6.09. The first-order valence-corrected chi connectivity index (χ1v) is 13.7. The molecule has 3 aromatic carbocycles. The smallest absolute Gasteiger partial charge is 0.257 e. The van der Waals surface area contributed by atoms with Crippen LogP contribution in [-0.4, -0.2) is 43.0 Å². The van der Waals surface area contributed by atoms with Crippen LogP contribution < -0.4 is 20.9 Å². The molecule has 0 unspecified atom stereocenters. The van der Waals surface area contributed by atoms with Crippen molar-refractivity contribution in [1.29, 1.82) is 0 Å². The van der Waals surface area contributed by atoms with E-state index in [2.05, 4.69) is 11.9 Å². The van der Waals surface area contributed by atoms with Crippen molar-refractivity contribution in [3.05, 3.63) is 113 Å². The molecule has 1 fully saturated rings. The Balaban J connectivity index is 1.57. The van der Waals surface area contributed by atoms with Crippen molar-refractivity contribution < 1.29 is 19.1 Å². The molecule has 3 atom stereocenters. The number of likely N-dealkylation sites (tertiary alicyclic amines) is 1. The molecule has 1 heterocycles. The molecule has 4 rings (SSSR count). The van der Waals surface area contributed by atoms with Gasteiger partial charge in [-0.1, -0.05) is 72.8 Å². The molecule has 9 heteroatoms. The number of allylic oxidation sites excluding steroid dienone is 1. The Kier molecular flexibility index (Phi) is 9.83. The molecule has 3 N–H and O–H groups in total. The van der Waals surface area contributed by atoms with Gasteiger partial charge in [0.05, 0.1) is 17.8 Å². The van der Waals surface area contributed by atoms with E-state index in [1.165, 1.54) is 19.2 Å². The second-order valence-electron chi connectivity index (χ2n) is 9.82. The van der Waals surface area contributed by atoms with Crippen LogP contribution in [0.1, 0.15) is 37.0 Å². The standard InChI is InChI=1S/C32H35ClN4O4/c1-21-15-17-28(37(21)32(39)30(41-4)24-16-18-29(40-3)27(33)19-24)31(38)35-22(2)26(23-11-7-5-8-12-23)20-36(34)25-13-9-6-10-14-25/h5-14,16,18-21,28,30H,2,15,17,34H2,1,3-4H3,(H,35,38)/b26-20+/t21-,28+,30+/m0/s1. The number of carbonyl (C=O) groups excluding carboxylic acids is 2. The van der Waals surface area contributed by atoms with Crippen LogP contribution in [0.25, 0.3) is 5.57 Å². The Labute approximate surface area is 246 Å². The van der Waals surface area contributed by atoms with E-state index in [4.69, 9.17) is 26.9 Å². The topological polar surface area (TPSA) is 97.1 Å². The summed E-state index contributed by atoms with van der Waals surface area (Å²) in [5.41, 5.74) is 3.17. The number of nitrogens with one attached hydrogen (secondary N) is 1. The van der Waals surface area contributed by atoms with Crippen LogP contribution in [-0.2, 0) is 14.3 Å². The molecule has 1 aliphatic rings. The molecule has 0 saturated carbocycles. The predicted molar refractivity (Wildman–Crippen MR) is 162 cm³/mol. The van der Waals surface area contributed by atoms with E-state index in [1.54, 1.807) is 29.3 Å². The Hall–Kier alpha value is -4.11. The van der Waals surface area contributed by atoms with Gasteiger partial charge < -0.3 is 19.7 Å². The van der Waals surface area contributed by atoms with Gasteiger partial charge in [0.2, 0.25) is 5.91 Å². The van der Waals surface area contributed by atoms with Gasteiger partial charge in [0, 0.05) is 30.6 Å². The first-order valence-electron chi connectivity index (χ1n) is 13.3. The first kappa shape index (κ1) is 29.9. The molecule has 3 aromatic rings. The molecule has 2 amide bonds. The zero-order valence-electron chi connectivity index (χ0n) is 23.4. The van der Waals surface area contributed by atoms with E-state index in [1.807, 2.05) is 67.6 Å². The zero-order chi connectivity index (χ0) is 29.5. The van der Waals surface area contributed by atoms with E-state index < -0.39 is 12.1 Å². The minimum Gasteiger partial charge on any atom is -0.495 e. The third kappa shape index (κ3) is 6.79. The molecule has 0 radical (unpaired) electrons. The maximum absolute atomic E-state index is 13.8. The maximum Gasteiger partial charge on any atom is 0.257 e. The molecule has 0 spiro atoms. The van der Waals surface area contributed by atoms with Gasteiger partial charge in [-0.25, -0.2) is 5.84 Å². The lowest BCUT2D eigenvalue weighted by Gasteiger charge is -2.31. The molecule has 214 valence electrons. The zero-order valence-corrected chi connectivity index (χ0v) is 24.2. The van der Waals surface area contributed by atoms with Crippen LogP contribution in [0.2, 0.25) is 5.02 Å². The predicted octanol–water partition coefficient (Wildman–Crippen LogP) is 5.47. The number of methoxy groups -OCH3 is 2. The number of para-hydroxylation sites is 1. The molecular formula is C32H35ClN4O4. The summed E-state index contributed by atoms with van der Waals surface area (Å²) in [6, 6.07) is 23.2. The van der Waals surface area contributed by atoms with Crippen LogP contribution in [0.4, 0.5) is 5.69 Å². The number of nitrogens with zero attached hydrogens (tertiary/aromatic N) is 2. The third-order valence-corrected chi connectivity index (χ3v) is 7.47. The van der Waals surface area contributed by atoms with Crippen molar-refractivity contribution >= 4 is 34.7 Å². The number of amides is 2. The van der Waals surface area contributed by atoms with Gasteiger partial charge in [-0.2, -0.15) is 0 Å². The Morgan fingerprint density at radius 1 is 1.07 bits per heavy atom. The highest BCUT2D eigenvalue weighted by molar-refractivity contribution is 6.32. The molecular weight excluding hydrogens is 540 g/mol. The van der Waals surface area contributed by atoms with Crippen LogP contribution >= 0.6 is 11.6 Å². The van der Waals surface area contributed by atoms with E-state index in [0.29, 0.717) is 40.4 Å². The van der Waals surface area contributed by atoms with Gasteiger partial charge in [0.15, 0.2) is 6.10 Å². The van der Waals surface area contributed by atoms with E-state index in [-0.39, 0.29) is 17.9 Å². The number of hydrogen-bond acceptors (Lipinski definition) is 6. The summed E-state index contributed by atoms with van der Waals surface area (Å²) in [7, 11) is 2.98. The van der Waals surface area contributed by atoms with Crippen molar-refractivity contribution in [1.82, 2.24) is 10.2 Å².